The zero-order valence-corrected chi connectivity index (χ0v) is 12.2. The summed E-state index contributed by atoms with van der Waals surface area (Å²) in [6.45, 7) is 5.48. The number of hydrogen-bond donors (Lipinski definition) is 3. The molecule has 1 aromatic carbocycles. The maximum Gasteiger partial charge on any atom is 0.140 e. The Morgan fingerprint density at radius 3 is 2.53 bits per heavy atom. The number of aliphatic hydroxyl groups is 1. The molecule has 19 heavy (non-hydrogen) atoms. The topological polar surface area (TPSA) is 55.7 Å². The molecule has 1 fully saturated rings. The van der Waals surface area contributed by atoms with E-state index in [-0.39, 0.29) is 16.8 Å². The quantitative estimate of drug-likeness (QED) is 0.800. The Kier molecular flexibility index (Phi) is 4.92. The predicted octanol–water partition coefficient (Wildman–Crippen LogP) is 2.03. The molecule has 0 spiro atoms. The van der Waals surface area contributed by atoms with Crippen LogP contribution in [0.4, 0.5) is 0 Å². The summed E-state index contributed by atoms with van der Waals surface area (Å²) in [5.74, 6) is -0.0967. The lowest BCUT2D eigenvalue weighted by molar-refractivity contribution is 0.0495. The predicted molar refractivity (Wildman–Crippen MR) is 77.0 cm³/mol. The van der Waals surface area contributed by atoms with Crippen LogP contribution in [0.2, 0.25) is 10.0 Å². The number of phenols is 1. The molecule has 1 saturated heterocycles. The smallest absolute Gasteiger partial charge is 0.140 e. The summed E-state index contributed by atoms with van der Waals surface area (Å²) < 4.78 is 0. The summed E-state index contributed by atoms with van der Waals surface area (Å²) in [6, 6.07) is 2.92. The molecule has 1 aliphatic heterocycles. The summed E-state index contributed by atoms with van der Waals surface area (Å²) in [4.78, 5) is 2.18. The Morgan fingerprint density at radius 1 is 1.26 bits per heavy atom. The van der Waals surface area contributed by atoms with Crippen LogP contribution in [-0.2, 0) is 0 Å². The minimum absolute atomic E-state index is 0.0967. The van der Waals surface area contributed by atoms with Gasteiger partial charge in [-0.25, -0.2) is 0 Å². The molecule has 0 radical (unpaired) electrons. The van der Waals surface area contributed by atoms with E-state index < -0.39 is 6.10 Å². The van der Waals surface area contributed by atoms with E-state index in [4.69, 9.17) is 23.2 Å². The first-order valence-corrected chi connectivity index (χ1v) is 7.07. The van der Waals surface area contributed by atoms with Gasteiger partial charge in [0.15, 0.2) is 0 Å². The second kappa shape index (κ2) is 6.29. The second-order valence-electron chi connectivity index (χ2n) is 4.80. The zero-order chi connectivity index (χ0) is 14.0. The van der Waals surface area contributed by atoms with Crippen molar-refractivity contribution in [2.24, 2.45) is 0 Å². The number of piperazine rings is 1. The van der Waals surface area contributed by atoms with E-state index >= 15 is 0 Å². The Bertz CT molecular complexity index is 451. The van der Waals surface area contributed by atoms with Crippen LogP contribution in [0.25, 0.3) is 0 Å². The molecule has 1 heterocycles. The van der Waals surface area contributed by atoms with Crippen molar-refractivity contribution < 1.29 is 10.2 Å². The van der Waals surface area contributed by atoms with Gasteiger partial charge in [0, 0.05) is 42.8 Å². The number of rotatable bonds is 3. The van der Waals surface area contributed by atoms with Crippen LogP contribution in [-0.4, -0.2) is 47.3 Å². The van der Waals surface area contributed by atoms with Crippen LogP contribution >= 0.6 is 23.2 Å². The number of nitrogens with zero attached hydrogens (tertiary/aromatic N) is 1. The fraction of sp³-hybridized carbons (Fsp3) is 0.538. The van der Waals surface area contributed by atoms with Crippen molar-refractivity contribution in [2.45, 2.75) is 19.1 Å². The van der Waals surface area contributed by atoms with Crippen molar-refractivity contribution in [3.05, 3.63) is 27.7 Å². The largest absolute Gasteiger partial charge is 0.506 e. The van der Waals surface area contributed by atoms with Gasteiger partial charge in [0.2, 0.25) is 0 Å². The van der Waals surface area contributed by atoms with Crippen LogP contribution in [0.1, 0.15) is 18.6 Å². The van der Waals surface area contributed by atoms with Gasteiger partial charge in [-0.2, -0.15) is 0 Å². The Morgan fingerprint density at radius 2 is 1.89 bits per heavy atom. The van der Waals surface area contributed by atoms with E-state index in [1.54, 1.807) is 6.07 Å². The minimum Gasteiger partial charge on any atom is -0.506 e. The third kappa shape index (κ3) is 3.33. The molecule has 2 unspecified atom stereocenters. The fourth-order valence-electron chi connectivity index (χ4n) is 2.36. The van der Waals surface area contributed by atoms with Gasteiger partial charge in [0.25, 0.3) is 0 Å². The van der Waals surface area contributed by atoms with Crippen LogP contribution in [0.3, 0.4) is 0 Å². The average Bonchev–Trinajstić information content (AvgIpc) is 2.42. The molecule has 0 amide bonds. The van der Waals surface area contributed by atoms with E-state index in [0.29, 0.717) is 10.6 Å². The van der Waals surface area contributed by atoms with Crippen LogP contribution in [0, 0.1) is 0 Å². The van der Waals surface area contributed by atoms with Gasteiger partial charge in [0.05, 0.1) is 11.1 Å². The van der Waals surface area contributed by atoms with Crippen LogP contribution in [0.15, 0.2) is 12.1 Å². The molecule has 1 aliphatic rings. The molecule has 0 aromatic heterocycles. The van der Waals surface area contributed by atoms with E-state index in [1.807, 2.05) is 6.92 Å². The molecule has 3 N–H and O–H groups in total. The van der Waals surface area contributed by atoms with E-state index in [9.17, 15) is 10.2 Å². The lowest BCUT2D eigenvalue weighted by Gasteiger charge is -2.35. The monoisotopic (exact) mass is 304 g/mol. The van der Waals surface area contributed by atoms with Gasteiger partial charge in [-0.05, 0) is 19.1 Å². The standard InChI is InChI=1S/C13H18Cl2N2O2/c1-8(17-4-2-16-3-5-17)12(18)10-6-9(14)7-11(15)13(10)19/h6-8,12,16,18-19H,2-5H2,1H3. The highest BCUT2D eigenvalue weighted by molar-refractivity contribution is 6.35. The third-order valence-corrected chi connectivity index (χ3v) is 4.07. The van der Waals surface area contributed by atoms with Crippen LogP contribution < -0.4 is 5.32 Å². The van der Waals surface area contributed by atoms with Gasteiger partial charge >= 0.3 is 0 Å². The first kappa shape index (κ1) is 14.9. The number of phenolic OH excluding ortho intramolecular Hbond substituents is 1. The van der Waals surface area contributed by atoms with Gasteiger partial charge in [0.1, 0.15) is 5.75 Å². The highest BCUT2D eigenvalue weighted by atomic mass is 35.5. The molecule has 4 nitrogen and oxygen atoms in total. The number of aliphatic hydroxyl groups excluding tert-OH is 1. The van der Waals surface area contributed by atoms with Crippen molar-refractivity contribution in [3.63, 3.8) is 0 Å². The third-order valence-electron chi connectivity index (χ3n) is 3.56. The van der Waals surface area contributed by atoms with E-state index in [0.717, 1.165) is 26.2 Å². The SMILES string of the molecule is CC(C(O)c1cc(Cl)cc(Cl)c1O)N1CCNCC1. The van der Waals surface area contributed by atoms with Gasteiger partial charge < -0.3 is 15.5 Å². The Labute approximate surface area is 122 Å². The van der Waals surface area contributed by atoms with Crippen LogP contribution in [0.5, 0.6) is 5.75 Å². The highest BCUT2D eigenvalue weighted by Crippen LogP contribution is 2.36. The number of aromatic hydroxyl groups is 1. The van der Waals surface area contributed by atoms with Crippen molar-refractivity contribution in [1.29, 1.82) is 0 Å². The number of nitrogens with one attached hydrogen (secondary N) is 1. The maximum atomic E-state index is 10.4. The molecule has 2 rings (SSSR count). The molecular weight excluding hydrogens is 287 g/mol. The van der Waals surface area contributed by atoms with Crippen molar-refractivity contribution in [1.82, 2.24) is 10.2 Å². The summed E-state index contributed by atoms with van der Waals surface area (Å²) >= 11 is 11.8. The first-order valence-electron chi connectivity index (χ1n) is 6.31. The minimum atomic E-state index is -0.825. The zero-order valence-electron chi connectivity index (χ0n) is 10.7. The number of hydrogen-bond acceptors (Lipinski definition) is 4. The first-order chi connectivity index (χ1) is 9.00. The van der Waals surface area contributed by atoms with Gasteiger partial charge in [-0.15, -0.1) is 0 Å². The normalized spacial score (nSPS) is 20.2. The molecule has 2 atom stereocenters. The fourth-order valence-corrected chi connectivity index (χ4v) is 2.87. The summed E-state index contributed by atoms with van der Waals surface area (Å²) in [5.41, 5.74) is 0.378. The summed E-state index contributed by atoms with van der Waals surface area (Å²) in [5, 5.41) is 24.2. The Balaban J connectivity index is 2.20. The molecule has 1 aromatic rings. The van der Waals surface area contributed by atoms with Crippen molar-refractivity contribution in [3.8, 4) is 5.75 Å². The van der Waals surface area contributed by atoms with E-state index in [2.05, 4.69) is 10.2 Å². The molecule has 0 saturated carbocycles. The van der Waals surface area contributed by atoms with E-state index in [1.165, 1.54) is 6.07 Å². The summed E-state index contributed by atoms with van der Waals surface area (Å²) in [7, 11) is 0. The molecule has 0 aliphatic carbocycles. The van der Waals surface area contributed by atoms with Gasteiger partial charge in [-0.1, -0.05) is 23.2 Å². The molecular formula is C13H18Cl2N2O2. The average molecular weight is 305 g/mol. The van der Waals surface area contributed by atoms with Crippen molar-refractivity contribution in [2.75, 3.05) is 26.2 Å². The molecule has 0 bridgehead atoms. The number of benzene rings is 1. The molecule has 106 valence electrons. The van der Waals surface area contributed by atoms with Crippen molar-refractivity contribution >= 4 is 23.2 Å². The molecule has 6 heteroatoms. The lowest BCUT2D eigenvalue weighted by Crippen LogP contribution is -2.49. The second-order valence-corrected chi connectivity index (χ2v) is 5.64. The lowest BCUT2D eigenvalue weighted by atomic mass is 10.0. The maximum absolute atomic E-state index is 10.4. The highest BCUT2D eigenvalue weighted by Gasteiger charge is 2.27. The Hall–Kier alpha value is -0.520. The van der Waals surface area contributed by atoms with Gasteiger partial charge in [-0.3, -0.25) is 4.90 Å². The summed E-state index contributed by atoms with van der Waals surface area (Å²) in [6.07, 6.45) is -0.825. The number of halogens is 2.